The van der Waals surface area contributed by atoms with Crippen molar-refractivity contribution >= 4 is 15.9 Å². The van der Waals surface area contributed by atoms with Crippen LogP contribution in [-0.4, -0.2) is 25.9 Å². The van der Waals surface area contributed by atoms with Crippen molar-refractivity contribution in [2.45, 2.75) is 38.3 Å². The van der Waals surface area contributed by atoms with E-state index in [1.54, 1.807) is 13.2 Å². The molecule has 1 aliphatic heterocycles. The van der Waals surface area contributed by atoms with Crippen molar-refractivity contribution in [3.63, 3.8) is 0 Å². The van der Waals surface area contributed by atoms with E-state index in [0.29, 0.717) is 10.2 Å². The van der Waals surface area contributed by atoms with Crippen molar-refractivity contribution in [1.82, 2.24) is 5.32 Å². The van der Waals surface area contributed by atoms with Gasteiger partial charge in [0.1, 0.15) is 11.6 Å². The van der Waals surface area contributed by atoms with Gasteiger partial charge in [-0.3, -0.25) is 0 Å². The van der Waals surface area contributed by atoms with Gasteiger partial charge in [0.15, 0.2) is 0 Å². The summed E-state index contributed by atoms with van der Waals surface area (Å²) >= 11 is 3.26. The third-order valence-corrected chi connectivity index (χ3v) is 4.46. The van der Waals surface area contributed by atoms with Crippen molar-refractivity contribution < 1.29 is 13.9 Å². The van der Waals surface area contributed by atoms with Crippen LogP contribution in [0, 0.1) is 5.82 Å². The second-order valence-electron chi connectivity index (χ2n) is 5.26. The van der Waals surface area contributed by atoms with E-state index in [1.807, 2.05) is 0 Å². The van der Waals surface area contributed by atoms with E-state index >= 15 is 0 Å². The van der Waals surface area contributed by atoms with E-state index in [2.05, 4.69) is 35.1 Å². The molecule has 112 valence electrons. The largest absolute Gasteiger partial charge is 0.496 e. The summed E-state index contributed by atoms with van der Waals surface area (Å²) in [5, 5.41) is 3.45. The van der Waals surface area contributed by atoms with Gasteiger partial charge in [-0.25, -0.2) is 4.39 Å². The van der Waals surface area contributed by atoms with Gasteiger partial charge in [0.25, 0.3) is 0 Å². The zero-order valence-electron chi connectivity index (χ0n) is 12.1. The predicted molar refractivity (Wildman–Crippen MR) is 80.7 cm³/mol. The summed E-state index contributed by atoms with van der Waals surface area (Å²) in [5.74, 6) is 0.228. The number of hydrogen-bond donors (Lipinski definition) is 1. The van der Waals surface area contributed by atoms with Crippen LogP contribution >= 0.6 is 15.9 Å². The quantitative estimate of drug-likeness (QED) is 0.879. The molecule has 0 aromatic heterocycles. The standard InChI is InChI=1S/C15H21BrFNO2/c1-4-18-14(15(2)6-5-7-20-15)10-8-11(16)12(17)9-13(10)19-3/h8-9,14,18H,4-7H2,1-3H3. The van der Waals surface area contributed by atoms with Crippen LogP contribution in [0.2, 0.25) is 0 Å². The number of methoxy groups -OCH3 is 1. The molecule has 1 aromatic rings. The van der Waals surface area contributed by atoms with Crippen LogP contribution in [0.5, 0.6) is 5.75 Å². The highest BCUT2D eigenvalue weighted by Gasteiger charge is 2.40. The molecular formula is C15H21BrFNO2. The first-order valence-corrected chi connectivity index (χ1v) is 7.71. The van der Waals surface area contributed by atoms with E-state index in [4.69, 9.17) is 9.47 Å². The van der Waals surface area contributed by atoms with Crippen LogP contribution < -0.4 is 10.1 Å². The lowest BCUT2D eigenvalue weighted by atomic mass is 9.87. The summed E-state index contributed by atoms with van der Waals surface area (Å²) in [6.45, 7) is 5.73. The number of rotatable bonds is 5. The summed E-state index contributed by atoms with van der Waals surface area (Å²) in [6.07, 6.45) is 2.02. The minimum absolute atomic E-state index is 0.0261. The number of hydrogen-bond acceptors (Lipinski definition) is 3. The Bertz CT molecular complexity index is 475. The molecule has 1 aromatic carbocycles. The third kappa shape index (κ3) is 3.00. The van der Waals surface area contributed by atoms with Crippen LogP contribution in [0.4, 0.5) is 4.39 Å². The van der Waals surface area contributed by atoms with Gasteiger partial charge in [-0.1, -0.05) is 6.92 Å². The summed E-state index contributed by atoms with van der Waals surface area (Å²) in [5.41, 5.74) is 0.632. The van der Waals surface area contributed by atoms with E-state index in [-0.39, 0.29) is 17.5 Å². The number of ether oxygens (including phenoxy) is 2. The van der Waals surface area contributed by atoms with Gasteiger partial charge in [0, 0.05) is 18.2 Å². The maximum atomic E-state index is 13.7. The van der Waals surface area contributed by atoms with E-state index in [0.717, 1.165) is 31.6 Å². The maximum Gasteiger partial charge on any atom is 0.141 e. The zero-order chi connectivity index (χ0) is 14.8. The molecule has 2 unspecified atom stereocenters. The Morgan fingerprint density at radius 2 is 2.30 bits per heavy atom. The molecular weight excluding hydrogens is 325 g/mol. The highest BCUT2D eigenvalue weighted by Crippen LogP contribution is 2.42. The van der Waals surface area contributed by atoms with Gasteiger partial charge in [-0.05, 0) is 48.3 Å². The van der Waals surface area contributed by atoms with Crippen LogP contribution in [0.1, 0.15) is 38.3 Å². The molecule has 20 heavy (non-hydrogen) atoms. The molecule has 5 heteroatoms. The summed E-state index contributed by atoms with van der Waals surface area (Å²) < 4.78 is 25.4. The normalized spacial score (nSPS) is 23.9. The average molecular weight is 346 g/mol. The van der Waals surface area contributed by atoms with E-state index < -0.39 is 0 Å². The molecule has 0 bridgehead atoms. The molecule has 1 heterocycles. The molecule has 1 aliphatic rings. The lowest BCUT2D eigenvalue weighted by Crippen LogP contribution is -2.41. The summed E-state index contributed by atoms with van der Waals surface area (Å²) in [6, 6.07) is 3.18. The van der Waals surface area contributed by atoms with Gasteiger partial charge < -0.3 is 14.8 Å². The Morgan fingerprint density at radius 3 is 2.85 bits per heavy atom. The van der Waals surface area contributed by atoms with Crippen molar-refractivity contribution in [2.24, 2.45) is 0 Å². The van der Waals surface area contributed by atoms with Gasteiger partial charge >= 0.3 is 0 Å². The van der Waals surface area contributed by atoms with Gasteiger partial charge in [0.05, 0.1) is 23.2 Å². The Hall–Kier alpha value is -0.650. The monoisotopic (exact) mass is 345 g/mol. The molecule has 1 saturated heterocycles. The van der Waals surface area contributed by atoms with E-state index in [9.17, 15) is 4.39 Å². The van der Waals surface area contributed by atoms with Crippen molar-refractivity contribution in [2.75, 3.05) is 20.3 Å². The minimum Gasteiger partial charge on any atom is -0.496 e. The first kappa shape index (κ1) is 15.7. The Kier molecular flexibility index (Phi) is 5.04. The second-order valence-corrected chi connectivity index (χ2v) is 6.12. The fourth-order valence-electron chi connectivity index (χ4n) is 2.83. The average Bonchev–Trinajstić information content (AvgIpc) is 2.86. The summed E-state index contributed by atoms with van der Waals surface area (Å²) in [7, 11) is 1.56. The predicted octanol–water partition coefficient (Wildman–Crippen LogP) is 3.82. The van der Waals surface area contributed by atoms with Crippen molar-refractivity contribution in [3.8, 4) is 5.75 Å². The summed E-state index contributed by atoms with van der Waals surface area (Å²) in [4.78, 5) is 0. The Labute approximate surface area is 128 Å². The molecule has 0 aliphatic carbocycles. The van der Waals surface area contributed by atoms with Crippen molar-refractivity contribution in [3.05, 3.63) is 28.0 Å². The molecule has 0 radical (unpaired) electrons. The molecule has 0 saturated carbocycles. The SMILES string of the molecule is CCNC(c1cc(Br)c(F)cc1OC)C1(C)CCCO1. The molecule has 2 rings (SSSR count). The fourth-order valence-corrected chi connectivity index (χ4v) is 3.19. The number of halogens is 2. The fraction of sp³-hybridized carbons (Fsp3) is 0.600. The third-order valence-electron chi connectivity index (χ3n) is 3.85. The van der Waals surface area contributed by atoms with Crippen LogP contribution in [0.15, 0.2) is 16.6 Å². The van der Waals surface area contributed by atoms with E-state index in [1.165, 1.54) is 6.07 Å². The van der Waals surface area contributed by atoms with Crippen molar-refractivity contribution in [1.29, 1.82) is 0 Å². The molecule has 2 atom stereocenters. The number of likely N-dealkylation sites (N-methyl/N-ethyl adjacent to an activating group) is 1. The smallest absolute Gasteiger partial charge is 0.141 e. The number of nitrogens with one attached hydrogen (secondary N) is 1. The second kappa shape index (κ2) is 6.41. The first-order chi connectivity index (χ1) is 9.51. The Morgan fingerprint density at radius 1 is 1.55 bits per heavy atom. The van der Waals surface area contributed by atoms with Gasteiger partial charge in [-0.2, -0.15) is 0 Å². The van der Waals surface area contributed by atoms with Crippen LogP contribution in [0.25, 0.3) is 0 Å². The molecule has 0 spiro atoms. The Balaban J connectivity index is 2.45. The minimum atomic E-state index is -0.321. The molecule has 3 nitrogen and oxygen atoms in total. The molecule has 1 N–H and O–H groups in total. The maximum absolute atomic E-state index is 13.7. The first-order valence-electron chi connectivity index (χ1n) is 6.92. The van der Waals surface area contributed by atoms with Gasteiger partial charge in [0.2, 0.25) is 0 Å². The molecule has 0 amide bonds. The highest BCUT2D eigenvalue weighted by molar-refractivity contribution is 9.10. The molecule has 1 fully saturated rings. The number of benzene rings is 1. The highest BCUT2D eigenvalue weighted by atomic mass is 79.9. The zero-order valence-corrected chi connectivity index (χ0v) is 13.7. The van der Waals surface area contributed by atoms with Crippen LogP contribution in [0.3, 0.4) is 0 Å². The lowest BCUT2D eigenvalue weighted by molar-refractivity contribution is -0.0127. The topological polar surface area (TPSA) is 30.5 Å². The van der Waals surface area contributed by atoms with Crippen LogP contribution in [-0.2, 0) is 4.74 Å². The van der Waals surface area contributed by atoms with Gasteiger partial charge in [-0.15, -0.1) is 0 Å². The lowest BCUT2D eigenvalue weighted by Gasteiger charge is -2.35.